The van der Waals surface area contributed by atoms with Gasteiger partial charge in [0.1, 0.15) is 0 Å². The number of amides is 2. The first-order chi connectivity index (χ1) is 11.9. The van der Waals surface area contributed by atoms with Crippen molar-refractivity contribution in [2.45, 2.75) is 52.9 Å². The standard InChI is InChI=1S/C20H27N3O2/c1-14-7-9-17(10-8-14)16(3)22-23-20(25)12-11-19(24)21-18-6-4-5-15(2)13-18/h4-7,13,17H,8-12H2,1-3H3,(H,21,24)(H,23,25)/b22-16+/t17-/m1/s1. The van der Waals surface area contributed by atoms with Crippen molar-refractivity contribution in [3.8, 4) is 0 Å². The van der Waals surface area contributed by atoms with E-state index in [1.54, 1.807) is 0 Å². The molecule has 2 amide bonds. The highest BCUT2D eigenvalue weighted by Gasteiger charge is 2.15. The molecular formula is C20H27N3O2. The second-order valence-electron chi connectivity index (χ2n) is 6.73. The van der Waals surface area contributed by atoms with Crippen LogP contribution in [-0.2, 0) is 9.59 Å². The number of hydrogen-bond donors (Lipinski definition) is 2. The van der Waals surface area contributed by atoms with Gasteiger partial charge < -0.3 is 5.32 Å². The van der Waals surface area contributed by atoms with Crippen molar-refractivity contribution in [2.75, 3.05) is 5.32 Å². The van der Waals surface area contributed by atoms with E-state index in [1.165, 1.54) is 5.57 Å². The van der Waals surface area contributed by atoms with Gasteiger partial charge in [-0.3, -0.25) is 9.59 Å². The molecule has 0 aliphatic heterocycles. The van der Waals surface area contributed by atoms with E-state index in [2.05, 4.69) is 28.8 Å². The van der Waals surface area contributed by atoms with E-state index in [9.17, 15) is 9.59 Å². The number of allylic oxidation sites excluding steroid dienone is 2. The Kier molecular flexibility index (Phi) is 6.92. The second kappa shape index (κ2) is 9.16. The Hall–Kier alpha value is -2.43. The number of carbonyl (C=O) groups is 2. The maximum Gasteiger partial charge on any atom is 0.240 e. The van der Waals surface area contributed by atoms with Gasteiger partial charge in [-0.2, -0.15) is 5.10 Å². The molecule has 0 radical (unpaired) electrons. The fraction of sp³-hybridized carbons (Fsp3) is 0.450. The molecule has 0 heterocycles. The van der Waals surface area contributed by atoms with E-state index >= 15 is 0 Å². The third kappa shape index (κ3) is 6.53. The lowest BCUT2D eigenvalue weighted by atomic mass is 9.87. The zero-order valence-electron chi connectivity index (χ0n) is 15.3. The summed E-state index contributed by atoms with van der Waals surface area (Å²) in [5.41, 5.74) is 6.76. The number of benzene rings is 1. The zero-order chi connectivity index (χ0) is 18.2. The number of rotatable bonds is 6. The van der Waals surface area contributed by atoms with E-state index in [-0.39, 0.29) is 24.7 Å². The Balaban J connectivity index is 1.73. The van der Waals surface area contributed by atoms with E-state index in [1.807, 2.05) is 38.1 Å². The van der Waals surface area contributed by atoms with Crippen LogP contribution in [0.4, 0.5) is 5.69 Å². The van der Waals surface area contributed by atoms with E-state index < -0.39 is 0 Å². The smallest absolute Gasteiger partial charge is 0.240 e. The molecule has 1 aliphatic carbocycles. The highest BCUT2D eigenvalue weighted by molar-refractivity contribution is 5.93. The quantitative estimate of drug-likeness (QED) is 0.467. The van der Waals surface area contributed by atoms with Crippen LogP contribution in [0.5, 0.6) is 0 Å². The summed E-state index contributed by atoms with van der Waals surface area (Å²) in [4.78, 5) is 23.8. The molecule has 0 saturated heterocycles. The molecule has 2 rings (SSSR count). The predicted molar refractivity (Wildman–Crippen MR) is 101 cm³/mol. The summed E-state index contributed by atoms with van der Waals surface area (Å²) in [5.74, 6) is -0.00997. The van der Waals surface area contributed by atoms with Gasteiger partial charge in [-0.25, -0.2) is 5.43 Å². The molecule has 0 aromatic heterocycles. The van der Waals surface area contributed by atoms with Gasteiger partial charge in [-0.15, -0.1) is 0 Å². The number of carbonyl (C=O) groups excluding carboxylic acids is 2. The van der Waals surface area contributed by atoms with Gasteiger partial charge in [0.15, 0.2) is 0 Å². The summed E-state index contributed by atoms with van der Waals surface area (Å²) in [6.45, 7) is 6.06. The number of hydrazone groups is 1. The Bertz CT molecular complexity index is 692. The fourth-order valence-electron chi connectivity index (χ4n) is 2.82. The van der Waals surface area contributed by atoms with Crippen LogP contribution < -0.4 is 10.7 Å². The normalized spacial score (nSPS) is 17.6. The Morgan fingerprint density at radius 2 is 1.96 bits per heavy atom. The number of nitrogens with zero attached hydrogens (tertiary/aromatic N) is 1. The second-order valence-corrected chi connectivity index (χ2v) is 6.73. The molecule has 0 fully saturated rings. The molecule has 5 nitrogen and oxygen atoms in total. The van der Waals surface area contributed by atoms with Crippen LogP contribution in [0.15, 0.2) is 41.0 Å². The molecule has 0 saturated carbocycles. The Labute approximate surface area is 149 Å². The van der Waals surface area contributed by atoms with E-state index in [0.29, 0.717) is 5.92 Å². The lowest BCUT2D eigenvalue weighted by Crippen LogP contribution is -2.24. The highest BCUT2D eigenvalue weighted by Crippen LogP contribution is 2.24. The molecule has 0 spiro atoms. The zero-order valence-corrected chi connectivity index (χ0v) is 15.3. The SMILES string of the molecule is CC1=CC[C@@H](/C(C)=N/NC(=O)CCC(=O)Nc2cccc(C)c2)CC1. The predicted octanol–water partition coefficient (Wildman–Crippen LogP) is 3.95. The van der Waals surface area contributed by atoms with Gasteiger partial charge in [-0.1, -0.05) is 23.8 Å². The molecule has 1 aromatic rings. The molecular weight excluding hydrogens is 314 g/mol. The molecule has 134 valence electrons. The van der Waals surface area contributed by atoms with Crippen molar-refractivity contribution >= 4 is 23.2 Å². The molecule has 25 heavy (non-hydrogen) atoms. The van der Waals surface area contributed by atoms with Crippen LogP contribution in [0.25, 0.3) is 0 Å². The molecule has 5 heteroatoms. The van der Waals surface area contributed by atoms with Crippen molar-refractivity contribution in [3.63, 3.8) is 0 Å². The lowest BCUT2D eigenvalue weighted by molar-refractivity contribution is -0.124. The summed E-state index contributed by atoms with van der Waals surface area (Å²) >= 11 is 0. The van der Waals surface area contributed by atoms with Crippen molar-refractivity contribution < 1.29 is 9.59 Å². The maximum absolute atomic E-state index is 11.9. The van der Waals surface area contributed by atoms with Gasteiger partial charge in [0.2, 0.25) is 11.8 Å². The van der Waals surface area contributed by atoms with Crippen LogP contribution in [0.1, 0.15) is 51.5 Å². The maximum atomic E-state index is 11.9. The summed E-state index contributed by atoms with van der Waals surface area (Å²) in [7, 11) is 0. The third-order valence-corrected chi connectivity index (χ3v) is 4.47. The van der Waals surface area contributed by atoms with Gasteiger partial charge in [-0.05, 0) is 57.7 Å². The largest absolute Gasteiger partial charge is 0.326 e. The van der Waals surface area contributed by atoms with Crippen LogP contribution in [0.2, 0.25) is 0 Å². The number of hydrogen-bond acceptors (Lipinski definition) is 3. The minimum atomic E-state index is -0.235. The van der Waals surface area contributed by atoms with Crippen molar-refractivity contribution in [1.29, 1.82) is 0 Å². The van der Waals surface area contributed by atoms with E-state index in [4.69, 9.17) is 0 Å². The van der Waals surface area contributed by atoms with Crippen molar-refractivity contribution in [3.05, 3.63) is 41.5 Å². The first kappa shape index (κ1) is 18.9. The van der Waals surface area contributed by atoms with Gasteiger partial charge in [0.05, 0.1) is 0 Å². The first-order valence-corrected chi connectivity index (χ1v) is 8.79. The van der Waals surface area contributed by atoms with E-state index in [0.717, 1.165) is 36.2 Å². The average molecular weight is 341 g/mol. The number of nitrogens with one attached hydrogen (secondary N) is 2. The Morgan fingerprint density at radius 1 is 1.20 bits per heavy atom. The van der Waals surface area contributed by atoms with Crippen molar-refractivity contribution in [1.82, 2.24) is 5.43 Å². The summed E-state index contributed by atoms with van der Waals surface area (Å²) in [6, 6.07) is 7.58. The van der Waals surface area contributed by atoms with Crippen molar-refractivity contribution in [2.24, 2.45) is 11.0 Å². The topological polar surface area (TPSA) is 70.6 Å². The van der Waals surface area contributed by atoms with Gasteiger partial charge in [0, 0.05) is 30.2 Å². The van der Waals surface area contributed by atoms with Gasteiger partial charge in [0.25, 0.3) is 0 Å². The summed E-state index contributed by atoms with van der Waals surface area (Å²) < 4.78 is 0. The third-order valence-electron chi connectivity index (χ3n) is 4.47. The lowest BCUT2D eigenvalue weighted by Gasteiger charge is -2.20. The monoisotopic (exact) mass is 341 g/mol. The molecule has 1 atom stereocenters. The molecule has 1 aliphatic rings. The van der Waals surface area contributed by atoms with Crippen LogP contribution in [0.3, 0.4) is 0 Å². The number of aryl methyl sites for hydroxylation is 1. The highest BCUT2D eigenvalue weighted by atomic mass is 16.2. The first-order valence-electron chi connectivity index (χ1n) is 8.79. The minimum Gasteiger partial charge on any atom is -0.326 e. The van der Waals surface area contributed by atoms with Gasteiger partial charge >= 0.3 is 0 Å². The summed E-state index contributed by atoms with van der Waals surface area (Å²) in [5, 5.41) is 7.00. The molecule has 0 bridgehead atoms. The molecule has 0 unspecified atom stereocenters. The van der Waals surface area contributed by atoms with Crippen LogP contribution in [0, 0.1) is 12.8 Å². The summed E-state index contributed by atoms with van der Waals surface area (Å²) in [6.07, 6.45) is 5.65. The molecule has 1 aromatic carbocycles. The van der Waals surface area contributed by atoms with Crippen LogP contribution >= 0.6 is 0 Å². The van der Waals surface area contributed by atoms with Crippen LogP contribution in [-0.4, -0.2) is 17.5 Å². The molecule has 2 N–H and O–H groups in total. The average Bonchev–Trinajstić information content (AvgIpc) is 2.58. The minimum absolute atomic E-state index is 0.123. The Morgan fingerprint density at radius 3 is 2.64 bits per heavy atom. The number of anilines is 1. The fourth-order valence-corrected chi connectivity index (χ4v) is 2.82.